The van der Waals surface area contributed by atoms with E-state index in [0.29, 0.717) is 0 Å². The third-order valence-corrected chi connectivity index (χ3v) is 2.77. The molecular weight excluding hydrogens is 467 g/mol. The molecule has 1 aromatic carbocycles. The second kappa shape index (κ2) is 10.6. The number of guanidine groups is 1. The molecule has 2 N–H and O–H groups in total. The molecule has 0 saturated heterocycles. The number of rotatable bonds is 6. The van der Waals surface area contributed by atoms with E-state index >= 15 is 0 Å². The van der Waals surface area contributed by atoms with E-state index in [1.807, 2.05) is 0 Å². The maximum Gasteiger partial charge on any atom is 0.419 e. The van der Waals surface area contributed by atoms with Crippen LogP contribution in [0.1, 0.15) is 12.0 Å². The number of halogens is 7. The molecule has 0 heterocycles. The van der Waals surface area contributed by atoms with Crippen LogP contribution in [0.3, 0.4) is 0 Å². The van der Waals surface area contributed by atoms with Gasteiger partial charge in [-0.2, -0.15) is 26.3 Å². The fraction of sp³-hybridized carbons (Fsp3) is 0.500. The highest BCUT2D eigenvalue weighted by Gasteiger charge is 2.33. The van der Waals surface area contributed by atoms with Crippen molar-refractivity contribution in [3.63, 3.8) is 0 Å². The first kappa shape index (κ1) is 23.6. The molecule has 0 aliphatic carbocycles. The highest BCUT2D eigenvalue weighted by molar-refractivity contribution is 14.0. The third kappa shape index (κ3) is 9.60. The molecule has 0 amide bonds. The van der Waals surface area contributed by atoms with Crippen LogP contribution in [-0.2, 0) is 6.18 Å². The van der Waals surface area contributed by atoms with Crippen LogP contribution in [0.25, 0.3) is 0 Å². The summed E-state index contributed by atoms with van der Waals surface area (Å²) in [5.41, 5.74) is -0.891. The van der Waals surface area contributed by atoms with E-state index in [-0.39, 0.29) is 55.4 Å². The molecule has 1 aromatic rings. The van der Waals surface area contributed by atoms with Crippen molar-refractivity contribution in [1.29, 1.82) is 0 Å². The SMILES string of the molecule is CN=C(NCCOc1ccccc1C(F)(F)F)NCCC(F)(F)F.I. The zero-order valence-electron chi connectivity index (χ0n) is 13.2. The van der Waals surface area contributed by atoms with Gasteiger partial charge in [0.1, 0.15) is 12.4 Å². The fourth-order valence-electron chi connectivity index (χ4n) is 1.70. The minimum absolute atomic E-state index is 0. The molecule has 4 nitrogen and oxygen atoms in total. The monoisotopic (exact) mass is 485 g/mol. The molecular formula is C14H18F6IN3O. The fourth-order valence-corrected chi connectivity index (χ4v) is 1.70. The first-order valence-corrected chi connectivity index (χ1v) is 6.94. The van der Waals surface area contributed by atoms with E-state index in [4.69, 9.17) is 4.74 Å². The minimum Gasteiger partial charge on any atom is -0.491 e. The summed E-state index contributed by atoms with van der Waals surface area (Å²) < 4.78 is 79.4. The van der Waals surface area contributed by atoms with Crippen LogP contribution >= 0.6 is 24.0 Å². The number of ether oxygens (including phenoxy) is 1. The topological polar surface area (TPSA) is 45.7 Å². The van der Waals surface area contributed by atoms with Crippen LogP contribution in [-0.4, -0.2) is 38.9 Å². The summed E-state index contributed by atoms with van der Waals surface area (Å²) in [7, 11) is 1.36. The molecule has 0 atom stereocenters. The van der Waals surface area contributed by atoms with E-state index in [0.717, 1.165) is 6.07 Å². The van der Waals surface area contributed by atoms with Gasteiger partial charge in [0.05, 0.1) is 18.5 Å². The summed E-state index contributed by atoms with van der Waals surface area (Å²) >= 11 is 0. The molecule has 0 saturated carbocycles. The van der Waals surface area contributed by atoms with Crippen LogP contribution in [0, 0.1) is 0 Å². The van der Waals surface area contributed by atoms with Gasteiger partial charge in [0, 0.05) is 13.6 Å². The molecule has 0 aliphatic rings. The predicted octanol–water partition coefficient (Wildman–Crippen LogP) is 3.82. The number of alkyl halides is 6. The Morgan fingerprint density at radius 3 is 2.20 bits per heavy atom. The maximum atomic E-state index is 12.8. The van der Waals surface area contributed by atoms with E-state index in [9.17, 15) is 26.3 Å². The highest BCUT2D eigenvalue weighted by atomic mass is 127. The van der Waals surface area contributed by atoms with Crippen molar-refractivity contribution in [2.24, 2.45) is 4.99 Å². The van der Waals surface area contributed by atoms with Gasteiger partial charge in [0.15, 0.2) is 5.96 Å². The molecule has 0 spiro atoms. The Labute approximate surface area is 158 Å². The molecule has 0 fully saturated rings. The van der Waals surface area contributed by atoms with E-state index in [2.05, 4.69) is 15.6 Å². The normalized spacial score (nSPS) is 12.4. The zero-order valence-corrected chi connectivity index (χ0v) is 15.5. The van der Waals surface area contributed by atoms with Gasteiger partial charge in [-0.3, -0.25) is 4.99 Å². The number of aliphatic imine (C=N–C) groups is 1. The second-order valence-corrected chi connectivity index (χ2v) is 4.63. The Kier molecular flexibility index (Phi) is 9.97. The van der Waals surface area contributed by atoms with Crippen LogP contribution in [0.15, 0.2) is 29.3 Å². The largest absolute Gasteiger partial charge is 0.491 e. The lowest BCUT2D eigenvalue weighted by atomic mass is 10.2. The van der Waals surface area contributed by atoms with Gasteiger partial charge in [-0.15, -0.1) is 24.0 Å². The maximum absolute atomic E-state index is 12.8. The lowest BCUT2D eigenvalue weighted by Crippen LogP contribution is -2.40. The Balaban J connectivity index is 0.00000576. The number of para-hydroxylation sites is 1. The number of nitrogens with one attached hydrogen (secondary N) is 2. The van der Waals surface area contributed by atoms with Gasteiger partial charge in [-0.25, -0.2) is 0 Å². The van der Waals surface area contributed by atoms with Gasteiger partial charge in [0.2, 0.25) is 0 Å². The van der Waals surface area contributed by atoms with E-state index in [1.54, 1.807) is 0 Å². The van der Waals surface area contributed by atoms with Gasteiger partial charge in [-0.05, 0) is 12.1 Å². The van der Waals surface area contributed by atoms with Crippen LogP contribution in [0.4, 0.5) is 26.3 Å². The third-order valence-electron chi connectivity index (χ3n) is 2.77. The number of benzene rings is 1. The van der Waals surface area contributed by atoms with Crippen molar-refractivity contribution in [2.45, 2.75) is 18.8 Å². The first-order valence-electron chi connectivity index (χ1n) is 6.94. The highest BCUT2D eigenvalue weighted by Crippen LogP contribution is 2.35. The number of hydrogen-bond acceptors (Lipinski definition) is 2. The average molecular weight is 485 g/mol. The zero-order chi connectivity index (χ0) is 18.2. The Bertz CT molecular complexity index is 548. The number of nitrogens with zero attached hydrogens (tertiary/aromatic N) is 1. The Morgan fingerprint density at radius 1 is 1.04 bits per heavy atom. The summed E-state index contributed by atoms with van der Waals surface area (Å²) in [4.78, 5) is 3.70. The quantitative estimate of drug-likeness (QED) is 0.212. The standard InChI is InChI=1S/C14H17F6N3O.HI/c1-21-12(22-7-6-13(15,16)17)23-8-9-24-11-5-3-2-4-10(11)14(18,19)20;/h2-5H,6-9H2,1H3,(H2,21,22,23);1H. The summed E-state index contributed by atoms with van der Waals surface area (Å²) in [6.45, 7) is -0.411. The van der Waals surface area contributed by atoms with E-state index in [1.165, 1.54) is 25.2 Å². The van der Waals surface area contributed by atoms with Gasteiger partial charge in [0.25, 0.3) is 0 Å². The van der Waals surface area contributed by atoms with Crippen molar-refractivity contribution in [2.75, 3.05) is 26.7 Å². The molecule has 0 aliphatic heterocycles. The summed E-state index contributed by atoms with van der Waals surface area (Å²) in [5.74, 6) is -0.209. The molecule has 1 rings (SSSR count). The molecule has 0 bridgehead atoms. The van der Waals surface area contributed by atoms with Crippen molar-refractivity contribution in [1.82, 2.24) is 10.6 Å². The van der Waals surface area contributed by atoms with Crippen molar-refractivity contribution in [3.05, 3.63) is 29.8 Å². The first-order chi connectivity index (χ1) is 11.1. The molecule has 0 aromatic heterocycles. The second-order valence-electron chi connectivity index (χ2n) is 4.63. The predicted molar refractivity (Wildman–Crippen MR) is 92.4 cm³/mol. The van der Waals surface area contributed by atoms with Crippen LogP contribution < -0.4 is 15.4 Å². The van der Waals surface area contributed by atoms with Crippen LogP contribution in [0.5, 0.6) is 5.75 Å². The summed E-state index contributed by atoms with van der Waals surface area (Å²) in [6, 6.07) is 4.76. The smallest absolute Gasteiger partial charge is 0.419 e. The molecule has 144 valence electrons. The molecule has 25 heavy (non-hydrogen) atoms. The lowest BCUT2D eigenvalue weighted by Gasteiger charge is -2.15. The molecule has 0 unspecified atom stereocenters. The summed E-state index contributed by atoms with van der Waals surface area (Å²) in [6.07, 6.45) is -9.83. The summed E-state index contributed by atoms with van der Waals surface area (Å²) in [5, 5.41) is 5.09. The number of hydrogen-bond donors (Lipinski definition) is 2. The molecule has 0 radical (unpaired) electrons. The van der Waals surface area contributed by atoms with Gasteiger partial charge in [-0.1, -0.05) is 12.1 Å². The molecule has 11 heteroatoms. The lowest BCUT2D eigenvalue weighted by molar-refractivity contribution is -0.139. The van der Waals surface area contributed by atoms with Crippen LogP contribution in [0.2, 0.25) is 0 Å². The van der Waals surface area contributed by atoms with Gasteiger partial charge < -0.3 is 15.4 Å². The minimum atomic E-state index is -4.53. The van der Waals surface area contributed by atoms with Crippen molar-refractivity contribution >= 4 is 29.9 Å². The van der Waals surface area contributed by atoms with E-state index < -0.39 is 24.3 Å². The average Bonchev–Trinajstić information content (AvgIpc) is 2.48. The Morgan fingerprint density at radius 2 is 1.64 bits per heavy atom. The van der Waals surface area contributed by atoms with Crippen molar-refractivity contribution in [3.8, 4) is 5.75 Å². The Hall–Kier alpha value is -1.40. The van der Waals surface area contributed by atoms with Gasteiger partial charge >= 0.3 is 12.4 Å². The van der Waals surface area contributed by atoms with Crippen molar-refractivity contribution < 1.29 is 31.1 Å².